The van der Waals surface area contributed by atoms with E-state index in [0.717, 1.165) is 0 Å². The Morgan fingerprint density at radius 3 is 1.94 bits per heavy atom. The zero-order valence-corrected chi connectivity index (χ0v) is 13.2. The van der Waals surface area contributed by atoms with Crippen LogP contribution < -0.4 is 0 Å². The summed E-state index contributed by atoms with van der Waals surface area (Å²) in [6, 6.07) is 0.184. The summed E-state index contributed by atoms with van der Waals surface area (Å²) in [6.07, 6.45) is 0.275. The predicted octanol–water partition coefficient (Wildman–Crippen LogP) is 2.90. The molecule has 5 nitrogen and oxygen atoms in total. The number of rotatable bonds is 8. The number of amides is 1. The Hall–Kier alpha value is -0.380. The molecule has 1 atom stereocenters. The first-order valence-electron chi connectivity index (χ1n) is 6.46. The molecule has 0 aromatic rings. The molecule has 0 saturated heterocycles. The van der Waals surface area contributed by atoms with E-state index in [1.807, 2.05) is 27.7 Å². The molecule has 0 radical (unpaired) electrons. The molecule has 0 bridgehead atoms. The van der Waals surface area contributed by atoms with Crippen LogP contribution in [0.3, 0.4) is 0 Å². The minimum atomic E-state index is -3.10. The normalized spacial score (nSPS) is 14.9. The Kier molecular flexibility index (Phi) is 7.76. The first-order valence-corrected chi connectivity index (χ1v) is 8.19. The van der Waals surface area contributed by atoms with Crippen molar-refractivity contribution in [2.75, 3.05) is 19.4 Å². The second-order valence-electron chi connectivity index (χ2n) is 4.61. The minimum absolute atomic E-state index is 0.0919. The summed E-state index contributed by atoms with van der Waals surface area (Å²) in [4.78, 5) is 13.7. The van der Waals surface area contributed by atoms with Crippen LogP contribution in [0.15, 0.2) is 0 Å². The van der Waals surface area contributed by atoms with E-state index in [1.165, 1.54) is 0 Å². The van der Waals surface area contributed by atoms with E-state index in [-0.39, 0.29) is 30.8 Å². The summed E-state index contributed by atoms with van der Waals surface area (Å²) in [6.45, 7) is 11.4. The van der Waals surface area contributed by atoms with Gasteiger partial charge in [0.25, 0.3) is 0 Å². The summed E-state index contributed by atoms with van der Waals surface area (Å²) in [7, 11) is -3.10. The third-order valence-corrected chi connectivity index (χ3v) is 4.45. The molecule has 0 aromatic heterocycles. The molecule has 1 amide bonds. The highest BCUT2D eigenvalue weighted by atomic mass is 31.2. The van der Waals surface area contributed by atoms with Gasteiger partial charge in [-0.2, -0.15) is 0 Å². The Labute approximate surface area is 110 Å². The molecule has 0 aromatic carbocycles. The largest absolute Gasteiger partial charge is 0.336 e. The van der Waals surface area contributed by atoms with Gasteiger partial charge in [0.2, 0.25) is 5.91 Å². The number of carbonyl (C=O) groups excluding carboxylic acids is 1. The van der Waals surface area contributed by atoms with E-state index in [4.69, 9.17) is 9.05 Å². The van der Waals surface area contributed by atoms with E-state index >= 15 is 0 Å². The van der Waals surface area contributed by atoms with E-state index in [9.17, 15) is 9.36 Å². The zero-order chi connectivity index (χ0) is 14.3. The Bertz CT molecular complexity index is 296. The summed E-state index contributed by atoms with van der Waals surface area (Å²) >= 11 is 0. The van der Waals surface area contributed by atoms with Crippen LogP contribution in [-0.2, 0) is 18.4 Å². The Balaban J connectivity index is 4.52. The van der Waals surface area contributed by atoms with Crippen LogP contribution in [0.2, 0.25) is 0 Å². The zero-order valence-electron chi connectivity index (χ0n) is 12.3. The molecule has 0 heterocycles. The van der Waals surface area contributed by atoms with Crippen LogP contribution in [0.1, 0.15) is 41.5 Å². The molecule has 108 valence electrons. The molecule has 0 aliphatic rings. The van der Waals surface area contributed by atoms with Gasteiger partial charge in [0.15, 0.2) is 0 Å². The van der Waals surface area contributed by atoms with Crippen LogP contribution in [0.4, 0.5) is 0 Å². The molecular formula is C12H26NO4P. The van der Waals surface area contributed by atoms with Crippen LogP contribution in [0.5, 0.6) is 0 Å². The number of carbonyl (C=O) groups is 1. The lowest BCUT2D eigenvalue weighted by molar-refractivity contribution is -0.137. The fourth-order valence-electron chi connectivity index (χ4n) is 1.82. The molecule has 0 saturated carbocycles. The van der Waals surface area contributed by atoms with Gasteiger partial charge in [0, 0.05) is 18.2 Å². The average molecular weight is 279 g/mol. The van der Waals surface area contributed by atoms with Gasteiger partial charge in [0.05, 0.1) is 6.61 Å². The summed E-state index contributed by atoms with van der Waals surface area (Å²) < 4.78 is 22.3. The second kappa shape index (κ2) is 7.93. The van der Waals surface area contributed by atoms with Crippen molar-refractivity contribution in [1.29, 1.82) is 0 Å². The van der Waals surface area contributed by atoms with Gasteiger partial charge in [-0.15, -0.1) is 0 Å². The van der Waals surface area contributed by atoms with Crippen LogP contribution in [0, 0.1) is 0 Å². The fourth-order valence-corrected chi connectivity index (χ4v) is 2.96. The van der Waals surface area contributed by atoms with Crippen molar-refractivity contribution in [3.8, 4) is 0 Å². The molecule has 0 N–H and O–H groups in total. The Morgan fingerprint density at radius 2 is 1.61 bits per heavy atom. The summed E-state index contributed by atoms with van der Waals surface area (Å²) in [5.41, 5.74) is 0. The first-order chi connectivity index (χ1) is 8.27. The summed E-state index contributed by atoms with van der Waals surface area (Å²) in [5.74, 6) is -0.159. The van der Waals surface area contributed by atoms with Crippen molar-refractivity contribution < 1.29 is 18.4 Å². The second-order valence-corrected chi connectivity index (χ2v) is 6.98. The van der Waals surface area contributed by atoms with Crippen LogP contribution in [-0.4, -0.2) is 42.3 Å². The lowest BCUT2D eigenvalue weighted by Crippen LogP contribution is -2.43. The molecule has 18 heavy (non-hydrogen) atoms. The van der Waals surface area contributed by atoms with Gasteiger partial charge < -0.3 is 9.42 Å². The highest BCUT2D eigenvalue weighted by Crippen LogP contribution is 2.47. The summed E-state index contributed by atoms with van der Waals surface area (Å²) in [5, 5.41) is 0. The molecule has 1 unspecified atom stereocenters. The minimum Gasteiger partial charge on any atom is -0.336 e. The smallest absolute Gasteiger partial charge is 0.330 e. The molecule has 0 spiro atoms. The first kappa shape index (κ1) is 17.6. The standard InChI is InChI=1S/C12H26NO4P/c1-7-16-18(15,8-2)17-9-12(14)13(10(3)4)11(5)6/h10-11H,7-9H2,1-6H3. The van der Waals surface area contributed by atoms with E-state index in [0.29, 0.717) is 6.61 Å². The molecule has 0 aliphatic heterocycles. The molecule has 0 fully saturated rings. The topological polar surface area (TPSA) is 55.8 Å². The van der Waals surface area contributed by atoms with Gasteiger partial charge >= 0.3 is 7.60 Å². The molecule has 0 aliphatic carbocycles. The van der Waals surface area contributed by atoms with E-state index < -0.39 is 7.60 Å². The maximum atomic E-state index is 12.0. The highest BCUT2D eigenvalue weighted by molar-refractivity contribution is 7.53. The quantitative estimate of drug-likeness (QED) is 0.641. The third kappa shape index (κ3) is 5.51. The lowest BCUT2D eigenvalue weighted by atomic mass is 10.2. The van der Waals surface area contributed by atoms with Gasteiger partial charge in [-0.25, -0.2) is 0 Å². The van der Waals surface area contributed by atoms with Crippen molar-refractivity contribution >= 4 is 13.5 Å². The van der Waals surface area contributed by atoms with Gasteiger partial charge in [0.1, 0.15) is 6.61 Å². The van der Waals surface area contributed by atoms with Gasteiger partial charge in [-0.1, -0.05) is 6.92 Å². The Morgan fingerprint density at radius 1 is 1.11 bits per heavy atom. The average Bonchev–Trinajstić information content (AvgIpc) is 2.26. The van der Waals surface area contributed by atoms with Crippen molar-refractivity contribution in [3.63, 3.8) is 0 Å². The van der Waals surface area contributed by atoms with Crippen molar-refractivity contribution in [1.82, 2.24) is 4.90 Å². The third-order valence-electron chi connectivity index (χ3n) is 2.50. The van der Waals surface area contributed by atoms with E-state index in [1.54, 1.807) is 18.7 Å². The fraction of sp³-hybridized carbons (Fsp3) is 0.917. The number of nitrogens with zero attached hydrogens (tertiary/aromatic N) is 1. The maximum absolute atomic E-state index is 12.0. The van der Waals surface area contributed by atoms with Crippen LogP contribution >= 0.6 is 7.60 Å². The predicted molar refractivity (Wildman–Crippen MR) is 72.8 cm³/mol. The SMILES string of the molecule is CCOP(=O)(CC)OCC(=O)N(C(C)C)C(C)C. The number of hydrogen-bond donors (Lipinski definition) is 0. The molecular weight excluding hydrogens is 253 g/mol. The van der Waals surface area contributed by atoms with E-state index in [2.05, 4.69) is 0 Å². The van der Waals surface area contributed by atoms with Crippen molar-refractivity contribution in [2.45, 2.75) is 53.6 Å². The lowest BCUT2D eigenvalue weighted by Gasteiger charge is -2.31. The molecule has 6 heteroatoms. The number of hydrogen-bond acceptors (Lipinski definition) is 4. The van der Waals surface area contributed by atoms with Gasteiger partial charge in [-0.3, -0.25) is 13.9 Å². The van der Waals surface area contributed by atoms with Crippen molar-refractivity contribution in [2.24, 2.45) is 0 Å². The van der Waals surface area contributed by atoms with Crippen LogP contribution in [0.25, 0.3) is 0 Å². The molecule has 0 rings (SSSR count). The van der Waals surface area contributed by atoms with Gasteiger partial charge in [-0.05, 0) is 34.6 Å². The van der Waals surface area contributed by atoms with Crippen molar-refractivity contribution in [3.05, 3.63) is 0 Å². The maximum Gasteiger partial charge on any atom is 0.330 e. The monoisotopic (exact) mass is 279 g/mol. The highest BCUT2D eigenvalue weighted by Gasteiger charge is 2.26.